The van der Waals surface area contributed by atoms with E-state index in [0.717, 1.165) is 63.4 Å². The third-order valence-electron chi connectivity index (χ3n) is 4.73. The van der Waals surface area contributed by atoms with Crippen LogP contribution < -0.4 is 15.2 Å². The highest BCUT2D eigenvalue weighted by atomic mass is 16.5. The molecule has 0 aromatic heterocycles. The van der Waals surface area contributed by atoms with Gasteiger partial charge in [-0.05, 0) is 56.4 Å². The molecular formula is C17H26N2O2. The minimum absolute atomic E-state index is 0.0469. The Kier molecular flexibility index (Phi) is 4.36. The Labute approximate surface area is 127 Å². The molecule has 2 aliphatic heterocycles. The van der Waals surface area contributed by atoms with E-state index in [9.17, 15) is 0 Å². The summed E-state index contributed by atoms with van der Waals surface area (Å²) in [7, 11) is 0. The Morgan fingerprint density at radius 1 is 1.29 bits per heavy atom. The van der Waals surface area contributed by atoms with Gasteiger partial charge in [0.15, 0.2) is 0 Å². The Hall–Kier alpha value is -1.26. The minimum Gasteiger partial charge on any atom is -0.494 e. The number of fused-ring (bicyclic) bond motifs is 1. The second kappa shape index (κ2) is 6.24. The molecule has 2 aliphatic rings. The van der Waals surface area contributed by atoms with E-state index in [1.54, 1.807) is 0 Å². The lowest BCUT2D eigenvalue weighted by Crippen LogP contribution is -2.50. The average Bonchev–Trinajstić information content (AvgIpc) is 2.51. The van der Waals surface area contributed by atoms with Crippen LogP contribution in [0.4, 0.5) is 0 Å². The molecule has 21 heavy (non-hydrogen) atoms. The van der Waals surface area contributed by atoms with E-state index >= 15 is 0 Å². The average molecular weight is 290 g/mol. The number of hydrogen-bond donors (Lipinski definition) is 1. The fourth-order valence-electron chi connectivity index (χ4n) is 3.47. The van der Waals surface area contributed by atoms with Gasteiger partial charge in [-0.2, -0.15) is 0 Å². The van der Waals surface area contributed by atoms with Crippen LogP contribution in [-0.4, -0.2) is 43.3 Å². The van der Waals surface area contributed by atoms with Crippen molar-refractivity contribution < 1.29 is 9.47 Å². The number of benzene rings is 1. The van der Waals surface area contributed by atoms with Crippen LogP contribution in [0.25, 0.3) is 0 Å². The predicted octanol–water partition coefficient (Wildman–Crippen LogP) is 2.20. The fourth-order valence-corrected chi connectivity index (χ4v) is 3.47. The summed E-state index contributed by atoms with van der Waals surface area (Å²) < 4.78 is 12.0. The highest BCUT2D eigenvalue weighted by Crippen LogP contribution is 2.40. The van der Waals surface area contributed by atoms with Gasteiger partial charge in [-0.15, -0.1) is 0 Å². The van der Waals surface area contributed by atoms with E-state index in [1.807, 2.05) is 13.0 Å². The molecular weight excluding hydrogens is 264 g/mol. The summed E-state index contributed by atoms with van der Waals surface area (Å²) in [6.07, 6.45) is 4.43. The largest absolute Gasteiger partial charge is 0.494 e. The number of piperidine rings is 1. The van der Waals surface area contributed by atoms with E-state index in [2.05, 4.69) is 17.0 Å². The predicted molar refractivity (Wildman–Crippen MR) is 84.0 cm³/mol. The fraction of sp³-hybridized carbons (Fsp3) is 0.647. The van der Waals surface area contributed by atoms with Crippen molar-refractivity contribution in [2.75, 3.05) is 32.8 Å². The summed E-state index contributed by atoms with van der Waals surface area (Å²) in [6.45, 7) is 6.68. The molecule has 0 radical (unpaired) electrons. The molecule has 0 aliphatic carbocycles. The topological polar surface area (TPSA) is 47.7 Å². The van der Waals surface area contributed by atoms with E-state index in [-0.39, 0.29) is 5.60 Å². The first-order chi connectivity index (χ1) is 10.2. The zero-order valence-electron chi connectivity index (χ0n) is 12.9. The maximum absolute atomic E-state index is 6.41. The highest BCUT2D eigenvalue weighted by molar-refractivity contribution is 5.42. The standard InChI is InChI=1S/C17H26N2O2/c1-2-20-15-3-4-16-14(13-15)5-6-17(21-16)7-10-19(11-8-17)12-9-18/h3-4,13H,2,5-12,18H2,1H3. The molecule has 4 nitrogen and oxygen atoms in total. The maximum atomic E-state index is 6.41. The molecule has 1 aromatic carbocycles. The quantitative estimate of drug-likeness (QED) is 0.923. The Morgan fingerprint density at radius 3 is 2.81 bits per heavy atom. The highest BCUT2D eigenvalue weighted by Gasteiger charge is 2.39. The molecule has 116 valence electrons. The summed E-state index contributed by atoms with van der Waals surface area (Å²) in [4.78, 5) is 2.45. The minimum atomic E-state index is 0.0469. The molecule has 0 atom stereocenters. The number of nitrogens with two attached hydrogens (primary N) is 1. The van der Waals surface area contributed by atoms with Gasteiger partial charge in [0, 0.05) is 26.2 Å². The van der Waals surface area contributed by atoms with Gasteiger partial charge < -0.3 is 20.1 Å². The molecule has 1 spiro atoms. The van der Waals surface area contributed by atoms with Crippen LogP contribution in [0.1, 0.15) is 31.7 Å². The summed E-state index contributed by atoms with van der Waals surface area (Å²) in [5.41, 5.74) is 6.98. The van der Waals surface area contributed by atoms with Gasteiger partial charge in [-0.1, -0.05) is 0 Å². The summed E-state index contributed by atoms with van der Waals surface area (Å²) in [5, 5.41) is 0. The first kappa shape index (κ1) is 14.7. The van der Waals surface area contributed by atoms with Gasteiger partial charge in [-0.25, -0.2) is 0 Å². The van der Waals surface area contributed by atoms with Gasteiger partial charge in [0.2, 0.25) is 0 Å². The van der Waals surface area contributed by atoms with Crippen molar-refractivity contribution in [2.24, 2.45) is 5.73 Å². The molecule has 0 unspecified atom stereocenters. The van der Waals surface area contributed by atoms with Crippen molar-refractivity contribution in [1.82, 2.24) is 4.90 Å². The number of aryl methyl sites for hydroxylation is 1. The van der Waals surface area contributed by atoms with E-state index < -0.39 is 0 Å². The second-order valence-electron chi connectivity index (χ2n) is 6.12. The monoisotopic (exact) mass is 290 g/mol. The zero-order valence-corrected chi connectivity index (χ0v) is 12.9. The van der Waals surface area contributed by atoms with Gasteiger partial charge >= 0.3 is 0 Å². The number of likely N-dealkylation sites (tertiary alicyclic amines) is 1. The molecule has 2 heterocycles. The molecule has 0 bridgehead atoms. The van der Waals surface area contributed by atoms with Gasteiger partial charge in [0.1, 0.15) is 17.1 Å². The number of ether oxygens (including phenoxy) is 2. The molecule has 1 aromatic rings. The van der Waals surface area contributed by atoms with Crippen molar-refractivity contribution in [3.63, 3.8) is 0 Å². The second-order valence-corrected chi connectivity index (χ2v) is 6.12. The van der Waals surface area contributed by atoms with Crippen LogP contribution in [0.3, 0.4) is 0 Å². The Bertz CT molecular complexity index is 482. The number of rotatable bonds is 4. The SMILES string of the molecule is CCOc1ccc2c(c1)CCC1(CCN(CCN)CC1)O2. The molecule has 0 amide bonds. The van der Waals surface area contributed by atoms with E-state index in [4.69, 9.17) is 15.2 Å². The lowest BCUT2D eigenvalue weighted by atomic mass is 9.83. The van der Waals surface area contributed by atoms with Crippen molar-refractivity contribution in [3.8, 4) is 11.5 Å². The van der Waals surface area contributed by atoms with Gasteiger partial charge in [-0.3, -0.25) is 0 Å². The zero-order chi connectivity index (χ0) is 14.7. The lowest BCUT2D eigenvalue weighted by Gasteiger charge is -2.44. The normalized spacial score (nSPS) is 20.9. The molecule has 1 saturated heterocycles. The summed E-state index contributed by atoms with van der Waals surface area (Å²) >= 11 is 0. The number of hydrogen-bond acceptors (Lipinski definition) is 4. The third-order valence-corrected chi connectivity index (χ3v) is 4.73. The van der Waals surface area contributed by atoms with Crippen molar-refractivity contribution in [1.29, 1.82) is 0 Å². The third kappa shape index (κ3) is 3.16. The first-order valence-corrected chi connectivity index (χ1v) is 8.12. The lowest BCUT2D eigenvalue weighted by molar-refractivity contribution is -0.0138. The molecule has 4 heteroatoms. The van der Waals surface area contributed by atoms with Crippen LogP contribution in [0.2, 0.25) is 0 Å². The molecule has 3 rings (SSSR count). The molecule has 2 N–H and O–H groups in total. The summed E-state index contributed by atoms with van der Waals surface area (Å²) in [5.74, 6) is 2.01. The van der Waals surface area contributed by atoms with E-state index in [0.29, 0.717) is 6.61 Å². The van der Waals surface area contributed by atoms with Crippen LogP contribution in [0.15, 0.2) is 18.2 Å². The van der Waals surface area contributed by atoms with Crippen molar-refractivity contribution in [2.45, 2.75) is 38.2 Å². The van der Waals surface area contributed by atoms with Crippen LogP contribution in [-0.2, 0) is 6.42 Å². The number of nitrogens with zero attached hydrogens (tertiary/aromatic N) is 1. The molecule has 0 saturated carbocycles. The maximum Gasteiger partial charge on any atom is 0.123 e. The summed E-state index contributed by atoms with van der Waals surface area (Å²) in [6, 6.07) is 6.23. The Balaban J connectivity index is 1.67. The molecule has 1 fully saturated rings. The van der Waals surface area contributed by atoms with Gasteiger partial charge in [0.25, 0.3) is 0 Å². The van der Waals surface area contributed by atoms with Crippen LogP contribution >= 0.6 is 0 Å². The smallest absolute Gasteiger partial charge is 0.123 e. The van der Waals surface area contributed by atoms with Crippen molar-refractivity contribution >= 4 is 0 Å². The van der Waals surface area contributed by atoms with Crippen molar-refractivity contribution in [3.05, 3.63) is 23.8 Å². The van der Waals surface area contributed by atoms with E-state index in [1.165, 1.54) is 5.56 Å². The van der Waals surface area contributed by atoms with Crippen LogP contribution in [0.5, 0.6) is 11.5 Å². The van der Waals surface area contributed by atoms with Gasteiger partial charge in [0.05, 0.1) is 6.61 Å². The first-order valence-electron chi connectivity index (χ1n) is 8.12. The van der Waals surface area contributed by atoms with Crippen LogP contribution in [0, 0.1) is 0 Å². The Morgan fingerprint density at radius 2 is 2.10 bits per heavy atom.